The van der Waals surface area contributed by atoms with E-state index in [1.54, 1.807) is 67.7 Å². The Kier molecular flexibility index (Phi) is 26.3. The molecule has 10 aromatic rings. The second kappa shape index (κ2) is 37.6. The van der Waals surface area contributed by atoms with Crippen molar-refractivity contribution in [3.05, 3.63) is 175 Å². The van der Waals surface area contributed by atoms with Crippen molar-refractivity contribution >= 4 is 117 Å². The van der Waals surface area contributed by atoms with Crippen LogP contribution in [-0.4, -0.2) is 203 Å². The molecule has 8 aliphatic rings. The summed E-state index contributed by atoms with van der Waals surface area (Å²) in [6.45, 7) is 10.7. The summed E-state index contributed by atoms with van der Waals surface area (Å²) in [6, 6.07) is 20.1. The standard InChI is InChI=1S/C24H23F3N6O3.C23H21F3N6O3.C20H19F4N5O2.C19H19F3N6O2/c1-13(24(25,26)27)9-19(34)17-3-4-18-22(30-17)33(16-6-8-32(18)12-16)23(35)31-21-10-15(5-7-28-21)20-11-29-14(2)36-20;1-13(23(24,25)26)8-18(33)16-2-3-17-21(29-16)32(15-5-7-31(17)11-15)22(34)30-20-9-14(4-6-28-20)19-10-27-12-35-19;1-11(20(22,23)24)8-16(30)14-3-4-15-18(26-14)29(13-6-7-28(15)10-13)19(31)27-17-5-2-12(21)9-25-17;1-11(19(20,21)22)9-15(29)13-3-4-14-16(25-13)28(12-5-8-27(14)10-12)18(30)26-17-23-6-2-7-24-17/h3-5,7,10-11,13,16H,6,8-9,12H2,1-2H3,(H,28,31,35);2-4,6,9-10,12-13,15H,5,7-8,11H2,1H3,(H,28,30,34);2-5,9,11,13H,6-8,10H2,1H3,(H,25,27,31);2-4,6-7,11-12H,5,8-10H2,1H3,(H,23,24,26,30)/t13-,16-;13-,15+;11-,13-;11-,12-/m0100/s1. The fourth-order valence-electron chi connectivity index (χ4n) is 16.1. The van der Waals surface area contributed by atoms with E-state index in [9.17, 15) is 95.4 Å². The number of anilines is 12. The molecule has 4 saturated heterocycles. The van der Waals surface area contributed by atoms with Crippen molar-refractivity contribution < 1.29 is 104 Å². The van der Waals surface area contributed by atoms with Crippen LogP contribution in [0.25, 0.3) is 22.6 Å². The summed E-state index contributed by atoms with van der Waals surface area (Å²) in [5, 5.41) is 10.7. The molecule has 4 N–H and O–H groups in total. The lowest BCUT2D eigenvalue weighted by Crippen LogP contribution is -2.48. The van der Waals surface area contributed by atoms with Crippen LogP contribution in [0.3, 0.4) is 0 Å². The van der Waals surface area contributed by atoms with Crippen molar-refractivity contribution in [3.63, 3.8) is 0 Å². The minimum atomic E-state index is -4.48. The Morgan fingerprint density at radius 3 is 1.05 bits per heavy atom. The van der Waals surface area contributed by atoms with E-state index in [1.807, 2.05) is 14.7 Å². The SMILES string of the molecule is C[C@@H](CC(=O)c1ccc2c(n1)N(C(=O)Nc1ccc(F)cn1)[C@H]1CCN2C1)C(F)(F)F.C[C@@H](CC(=O)c1ccc2c(n1)N(C(=O)Nc1ncccn1)[C@H]1CCN2C1)C(F)(F)F.C[C@H](CC(=O)c1ccc2c(n1)N(C(=O)Nc1cc(-c3cnco3)ccn1)[C@H]1CCN2C1)C(F)(F)F.Cc1ncc(-c2ccnc(NC(=O)N3c4nc(C(=O)C[C@H](C)C(F)(F)F)ccc4N4CC[C@H]3C4)c2)o1. The summed E-state index contributed by atoms with van der Waals surface area (Å²) in [6.07, 6.45) is -6.63. The van der Waals surface area contributed by atoms with Crippen LogP contribution in [0.1, 0.15) is 127 Å². The number of hydrogen-bond acceptors (Lipinski definition) is 25. The zero-order valence-corrected chi connectivity index (χ0v) is 70.7. The summed E-state index contributed by atoms with van der Waals surface area (Å²) >= 11 is 0. The Morgan fingerprint density at radius 2 is 0.735 bits per heavy atom. The van der Waals surface area contributed by atoms with Crippen LogP contribution >= 0.6 is 0 Å². The number of pyridine rings is 7. The molecule has 692 valence electrons. The van der Waals surface area contributed by atoms with E-state index in [1.165, 1.54) is 87.3 Å². The third-order valence-corrected chi connectivity index (χ3v) is 23.4. The smallest absolute Gasteiger partial charge is 0.391 e. The zero-order valence-electron chi connectivity index (χ0n) is 70.7. The first kappa shape index (κ1) is 92.3. The first-order valence-electron chi connectivity index (χ1n) is 41.6. The number of hydrogen-bond donors (Lipinski definition) is 4. The quantitative estimate of drug-likeness (QED) is 0.0458. The monoisotopic (exact) mass is 1840 g/mol. The number of nitrogens with zero attached hydrogens (tertiary/aromatic N) is 19. The van der Waals surface area contributed by atoms with E-state index < -0.39 is 127 Å². The van der Waals surface area contributed by atoms with Crippen LogP contribution in [0.4, 0.5) is 146 Å². The van der Waals surface area contributed by atoms with Gasteiger partial charge >= 0.3 is 48.8 Å². The second-order valence-corrected chi connectivity index (χ2v) is 32.6. The van der Waals surface area contributed by atoms with Gasteiger partial charge in [0.1, 0.15) is 46.0 Å². The van der Waals surface area contributed by atoms with Crippen LogP contribution < -0.4 is 60.5 Å². The number of urea groups is 4. The predicted octanol–water partition coefficient (Wildman–Crippen LogP) is 16.7. The van der Waals surface area contributed by atoms with Gasteiger partial charge in [0.05, 0.1) is 89.2 Å². The normalized spacial score (nSPS) is 18.1. The number of carbonyl (C=O) groups excluding carboxylic acids is 8. The lowest BCUT2D eigenvalue weighted by atomic mass is 10.0. The number of fused-ring (bicyclic) bond motifs is 16. The number of amides is 8. The highest BCUT2D eigenvalue weighted by Crippen LogP contribution is 2.46. The third-order valence-electron chi connectivity index (χ3n) is 23.4. The number of aromatic nitrogens is 11. The number of halogens is 13. The van der Waals surface area contributed by atoms with Crippen molar-refractivity contribution in [2.75, 3.05) is 113 Å². The Labute approximate surface area is 742 Å². The van der Waals surface area contributed by atoms with Gasteiger partial charge in [0.15, 0.2) is 70.2 Å². The molecule has 33 nitrogen and oxygen atoms in total. The molecule has 46 heteroatoms. The molecule has 0 saturated carbocycles. The van der Waals surface area contributed by atoms with Gasteiger partial charge in [-0.2, -0.15) is 52.7 Å². The molecule has 8 aliphatic heterocycles. The lowest BCUT2D eigenvalue weighted by molar-refractivity contribution is -0.169. The maximum absolute atomic E-state index is 13.4. The van der Waals surface area contributed by atoms with Gasteiger partial charge in [0.2, 0.25) is 5.95 Å². The third kappa shape index (κ3) is 20.6. The van der Waals surface area contributed by atoms with Crippen molar-refractivity contribution in [3.8, 4) is 22.6 Å². The molecular weight excluding hydrogens is 1760 g/mol. The van der Waals surface area contributed by atoms with Crippen LogP contribution in [0.5, 0.6) is 0 Å². The lowest BCUT2D eigenvalue weighted by Gasteiger charge is -2.35. The fraction of sp³-hybridized carbons (Fsp3) is 0.384. The molecule has 8 atom stereocenters. The van der Waals surface area contributed by atoms with Crippen molar-refractivity contribution in [1.82, 2.24) is 54.8 Å². The number of rotatable bonds is 18. The molecule has 0 spiro atoms. The summed E-state index contributed by atoms with van der Waals surface area (Å²) in [7, 11) is 0. The molecule has 4 fully saturated rings. The minimum Gasteiger partial charge on any atom is -0.444 e. The van der Waals surface area contributed by atoms with Crippen LogP contribution in [0.15, 0.2) is 150 Å². The molecule has 0 unspecified atom stereocenters. The molecule has 8 bridgehead atoms. The summed E-state index contributed by atoms with van der Waals surface area (Å²) in [4.78, 5) is 162. The second-order valence-electron chi connectivity index (χ2n) is 32.6. The zero-order chi connectivity index (χ0) is 94.2. The molecule has 0 aliphatic carbocycles. The molecule has 18 heterocycles. The predicted molar refractivity (Wildman–Crippen MR) is 453 cm³/mol. The van der Waals surface area contributed by atoms with E-state index >= 15 is 0 Å². The van der Waals surface area contributed by atoms with Gasteiger partial charge in [0.25, 0.3) is 0 Å². The van der Waals surface area contributed by atoms with E-state index in [-0.39, 0.29) is 93.6 Å². The van der Waals surface area contributed by atoms with Gasteiger partial charge in [-0.1, -0.05) is 27.7 Å². The number of Topliss-reactive ketones (excluding diaryl/α,β-unsaturated/α-hetero) is 4. The number of oxazole rings is 2. The highest BCUT2D eigenvalue weighted by Gasteiger charge is 2.48. The van der Waals surface area contributed by atoms with Gasteiger partial charge in [-0.05, 0) is 117 Å². The molecule has 132 heavy (non-hydrogen) atoms. The van der Waals surface area contributed by atoms with Crippen molar-refractivity contribution in [2.24, 2.45) is 23.7 Å². The number of aryl methyl sites for hydroxylation is 1. The summed E-state index contributed by atoms with van der Waals surface area (Å²) in [5.41, 5.74) is 3.49. The van der Waals surface area contributed by atoms with Gasteiger partial charge in [-0.15, -0.1) is 0 Å². The highest BCUT2D eigenvalue weighted by atomic mass is 19.4. The number of carbonyl (C=O) groups is 8. The highest BCUT2D eigenvalue weighted by molar-refractivity contribution is 6.09. The van der Waals surface area contributed by atoms with Crippen LogP contribution in [-0.2, 0) is 0 Å². The van der Waals surface area contributed by atoms with Gasteiger partial charge in [0, 0.05) is 121 Å². The first-order valence-corrected chi connectivity index (χ1v) is 41.6. The minimum absolute atomic E-state index is 0.0962. The van der Waals surface area contributed by atoms with Gasteiger partial charge in [-0.3, -0.25) is 60.0 Å². The molecule has 0 radical (unpaired) electrons. The summed E-state index contributed by atoms with van der Waals surface area (Å²) in [5.74, 6) is -7.36. The van der Waals surface area contributed by atoms with Gasteiger partial charge in [-0.25, -0.2) is 78.4 Å². The average Bonchev–Trinajstić information content (AvgIpc) is 1.58. The van der Waals surface area contributed by atoms with E-state index in [4.69, 9.17) is 8.83 Å². The fourth-order valence-corrected chi connectivity index (χ4v) is 16.1. The van der Waals surface area contributed by atoms with E-state index in [0.29, 0.717) is 129 Å². The number of ketones is 4. The van der Waals surface area contributed by atoms with Gasteiger partial charge < -0.3 is 28.4 Å². The maximum Gasteiger partial charge on any atom is 0.391 e. The Balaban J connectivity index is 0.000000135. The largest absolute Gasteiger partial charge is 0.444 e. The molecule has 10 aromatic heterocycles. The number of nitrogens with one attached hydrogen (secondary N) is 4. The number of alkyl halides is 12. The van der Waals surface area contributed by atoms with E-state index in [2.05, 4.69) is 81.0 Å². The molecule has 18 rings (SSSR count). The average molecular weight is 1840 g/mol. The maximum atomic E-state index is 13.4. The van der Waals surface area contributed by atoms with Crippen molar-refractivity contribution in [2.45, 2.75) is 135 Å². The Bertz CT molecular complexity index is 6000. The molecular formula is C86H82F13N23O10. The first-order chi connectivity index (χ1) is 62.7. The topological polar surface area (TPSA) is 379 Å². The molecule has 8 amide bonds. The summed E-state index contributed by atoms with van der Waals surface area (Å²) < 4.78 is 179. The van der Waals surface area contributed by atoms with E-state index in [0.717, 1.165) is 40.0 Å². The molecule has 0 aromatic carbocycles. The van der Waals surface area contributed by atoms with Crippen LogP contribution in [0, 0.1) is 36.4 Å². The Hall–Kier alpha value is -14.4. The van der Waals surface area contributed by atoms with Crippen LogP contribution in [0.2, 0.25) is 0 Å². The Morgan fingerprint density at radius 1 is 0.394 bits per heavy atom. The van der Waals surface area contributed by atoms with Crippen molar-refractivity contribution in [1.29, 1.82) is 0 Å².